The molecule has 0 atom stereocenters. The van der Waals surface area contributed by atoms with Crippen molar-refractivity contribution in [1.29, 1.82) is 0 Å². The Balaban J connectivity index is 1.41. The average molecular weight is 437 g/mol. The molecule has 0 saturated carbocycles. The molecule has 2 aromatic carbocycles. The fourth-order valence-corrected chi connectivity index (χ4v) is 4.17. The summed E-state index contributed by atoms with van der Waals surface area (Å²) in [6, 6.07) is 17.8. The van der Waals surface area contributed by atoms with Gasteiger partial charge in [0.2, 0.25) is 11.7 Å². The Morgan fingerprint density at radius 2 is 2.00 bits per heavy atom. The number of rotatable bonds is 9. The van der Waals surface area contributed by atoms with Gasteiger partial charge in [0.15, 0.2) is 22.2 Å². The first kappa shape index (κ1) is 21.0. The molecule has 160 valence electrons. The van der Waals surface area contributed by atoms with Crippen molar-refractivity contribution >= 4 is 28.6 Å². The summed E-state index contributed by atoms with van der Waals surface area (Å²) < 4.78 is 13.3. The van der Waals surface area contributed by atoms with E-state index in [1.165, 1.54) is 17.3 Å². The van der Waals surface area contributed by atoms with Gasteiger partial charge in [-0.1, -0.05) is 54.2 Å². The number of nitrogens with zero attached hydrogens (tertiary/aromatic N) is 3. The van der Waals surface area contributed by atoms with E-state index >= 15 is 0 Å². The van der Waals surface area contributed by atoms with Gasteiger partial charge in [-0.25, -0.2) is 0 Å². The lowest BCUT2D eigenvalue weighted by molar-refractivity contribution is -0.118. The first-order valence-electron chi connectivity index (χ1n) is 10.1. The summed E-state index contributed by atoms with van der Waals surface area (Å²) in [5, 5.41) is 13.2. The van der Waals surface area contributed by atoms with Crippen LogP contribution in [-0.4, -0.2) is 40.1 Å². The molecule has 0 saturated heterocycles. The molecule has 0 spiro atoms. The van der Waals surface area contributed by atoms with Crippen molar-refractivity contribution in [1.82, 2.24) is 20.1 Å². The van der Waals surface area contributed by atoms with Crippen molar-refractivity contribution in [3.05, 3.63) is 60.2 Å². The van der Waals surface area contributed by atoms with Crippen molar-refractivity contribution in [2.75, 3.05) is 19.4 Å². The number of furan rings is 1. The molecule has 31 heavy (non-hydrogen) atoms. The van der Waals surface area contributed by atoms with Gasteiger partial charge in [-0.2, -0.15) is 0 Å². The fourth-order valence-electron chi connectivity index (χ4n) is 3.34. The standard InChI is InChI=1S/C23H24N4O3S/c1-3-27-22(19-14-17-10-7-11-18(29-2)21(17)30-19)25-26-23(27)31-15-20(28)24-13-12-16-8-5-4-6-9-16/h4-11,14H,3,12-13,15H2,1-2H3,(H,24,28). The number of carbonyl (C=O) groups excluding carboxylic acids is 1. The molecule has 0 radical (unpaired) electrons. The molecule has 1 amide bonds. The maximum atomic E-state index is 12.2. The van der Waals surface area contributed by atoms with Gasteiger partial charge in [0, 0.05) is 18.5 Å². The van der Waals surface area contributed by atoms with Crippen molar-refractivity contribution in [2.24, 2.45) is 0 Å². The lowest BCUT2D eigenvalue weighted by Crippen LogP contribution is -2.27. The Labute approximate surface area is 184 Å². The summed E-state index contributed by atoms with van der Waals surface area (Å²) in [4.78, 5) is 12.2. The summed E-state index contributed by atoms with van der Waals surface area (Å²) in [5.74, 6) is 2.18. The summed E-state index contributed by atoms with van der Waals surface area (Å²) in [6.07, 6.45) is 0.808. The summed E-state index contributed by atoms with van der Waals surface area (Å²) in [7, 11) is 1.62. The lowest BCUT2D eigenvalue weighted by atomic mass is 10.1. The molecule has 2 aromatic heterocycles. The Morgan fingerprint density at radius 3 is 2.77 bits per heavy atom. The molecular weight excluding hydrogens is 412 g/mol. The lowest BCUT2D eigenvalue weighted by Gasteiger charge is -2.07. The summed E-state index contributed by atoms with van der Waals surface area (Å²) in [6.45, 7) is 3.28. The Kier molecular flexibility index (Phi) is 6.57. The van der Waals surface area contributed by atoms with Crippen LogP contribution in [0.25, 0.3) is 22.6 Å². The predicted octanol–water partition coefficient (Wildman–Crippen LogP) is 4.17. The van der Waals surface area contributed by atoms with Crippen LogP contribution in [0, 0.1) is 0 Å². The predicted molar refractivity (Wildman–Crippen MR) is 121 cm³/mol. The second-order valence-corrected chi connectivity index (χ2v) is 7.86. The van der Waals surface area contributed by atoms with Crippen LogP contribution in [-0.2, 0) is 17.8 Å². The Morgan fingerprint density at radius 1 is 1.16 bits per heavy atom. The molecule has 0 aliphatic rings. The number of nitrogens with one attached hydrogen (secondary N) is 1. The highest BCUT2D eigenvalue weighted by Crippen LogP contribution is 2.33. The second kappa shape index (κ2) is 9.70. The van der Waals surface area contributed by atoms with Gasteiger partial charge in [0.05, 0.1) is 12.9 Å². The number of aromatic nitrogens is 3. The highest BCUT2D eigenvalue weighted by Gasteiger charge is 2.19. The highest BCUT2D eigenvalue weighted by atomic mass is 32.2. The molecule has 0 fully saturated rings. The number of carbonyl (C=O) groups is 1. The van der Waals surface area contributed by atoms with Crippen LogP contribution < -0.4 is 10.1 Å². The summed E-state index contributed by atoms with van der Waals surface area (Å²) >= 11 is 1.37. The Bertz CT molecular complexity index is 1170. The molecule has 0 aliphatic carbocycles. The average Bonchev–Trinajstić information content (AvgIpc) is 3.41. The first-order valence-corrected chi connectivity index (χ1v) is 11.1. The minimum atomic E-state index is -0.0263. The molecule has 0 aliphatic heterocycles. The molecule has 0 unspecified atom stereocenters. The number of amides is 1. The normalized spacial score (nSPS) is 11.0. The largest absolute Gasteiger partial charge is 0.493 e. The zero-order valence-corrected chi connectivity index (χ0v) is 18.3. The molecule has 0 bridgehead atoms. The minimum absolute atomic E-state index is 0.0263. The summed E-state index contributed by atoms with van der Waals surface area (Å²) in [5.41, 5.74) is 1.88. The third-order valence-corrected chi connectivity index (χ3v) is 5.86. The third-order valence-electron chi connectivity index (χ3n) is 4.89. The molecule has 8 heteroatoms. The Hall–Kier alpha value is -3.26. The number of hydrogen-bond donors (Lipinski definition) is 1. The van der Waals surface area contributed by atoms with Gasteiger partial charge >= 0.3 is 0 Å². The quantitative estimate of drug-likeness (QED) is 0.397. The number of hydrogen-bond acceptors (Lipinski definition) is 6. The van der Waals surface area contributed by atoms with Crippen molar-refractivity contribution < 1.29 is 13.9 Å². The van der Waals surface area contributed by atoms with E-state index in [1.807, 2.05) is 54.0 Å². The monoisotopic (exact) mass is 436 g/mol. The number of fused-ring (bicyclic) bond motifs is 1. The van der Waals surface area contributed by atoms with Crippen LogP contribution in [0.15, 0.2) is 64.2 Å². The van der Waals surface area contributed by atoms with E-state index < -0.39 is 0 Å². The van der Waals surface area contributed by atoms with Gasteiger partial charge in [0.25, 0.3) is 0 Å². The van der Waals surface area contributed by atoms with Gasteiger partial charge in [-0.05, 0) is 31.0 Å². The SMILES string of the molecule is CCn1c(SCC(=O)NCCc2ccccc2)nnc1-c1cc2cccc(OC)c2o1. The molecular formula is C23H24N4O3S. The molecule has 4 aromatic rings. The van der Waals surface area contributed by atoms with Crippen LogP contribution in [0.5, 0.6) is 5.75 Å². The van der Waals surface area contributed by atoms with Crippen LogP contribution >= 0.6 is 11.8 Å². The van der Waals surface area contributed by atoms with E-state index in [0.717, 1.165) is 11.8 Å². The minimum Gasteiger partial charge on any atom is -0.493 e. The molecule has 7 nitrogen and oxygen atoms in total. The van der Waals surface area contributed by atoms with Crippen molar-refractivity contribution in [3.63, 3.8) is 0 Å². The van der Waals surface area contributed by atoms with E-state index in [4.69, 9.17) is 9.15 Å². The van der Waals surface area contributed by atoms with Crippen molar-refractivity contribution in [2.45, 2.75) is 25.0 Å². The van der Waals surface area contributed by atoms with Crippen LogP contribution in [0.2, 0.25) is 0 Å². The maximum absolute atomic E-state index is 12.2. The second-order valence-electron chi connectivity index (χ2n) is 6.91. The van der Waals surface area contributed by atoms with Gasteiger partial charge in [0.1, 0.15) is 0 Å². The van der Waals surface area contributed by atoms with E-state index in [1.54, 1.807) is 7.11 Å². The molecule has 1 N–H and O–H groups in total. The number of benzene rings is 2. The van der Waals surface area contributed by atoms with Crippen molar-refractivity contribution in [3.8, 4) is 17.3 Å². The smallest absolute Gasteiger partial charge is 0.230 e. The first-order chi connectivity index (χ1) is 15.2. The van der Waals surface area contributed by atoms with E-state index in [9.17, 15) is 4.79 Å². The van der Waals surface area contributed by atoms with Crippen LogP contribution in [0.4, 0.5) is 0 Å². The molecule has 4 rings (SSSR count). The highest BCUT2D eigenvalue weighted by molar-refractivity contribution is 7.99. The van der Waals surface area contributed by atoms with Crippen LogP contribution in [0.3, 0.4) is 0 Å². The maximum Gasteiger partial charge on any atom is 0.230 e. The topological polar surface area (TPSA) is 82.2 Å². The fraction of sp³-hybridized carbons (Fsp3) is 0.261. The van der Waals surface area contributed by atoms with E-state index in [0.29, 0.717) is 41.2 Å². The zero-order chi connectivity index (χ0) is 21.6. The van der Waals surface area contributed by atoms with Gasteiger partial charge < -0.3 is 14.5 Å². The number of methoxy groups -OCH3 is 1. The number of ether oxygens (including phenoxy) is 1. The van der Waals surface area contributed by atoms with E-state index in [2.05, 4.69) is 27.6 Å². The van der Waals surface area contributed by atoms with Gasteiger partial charge in [-0.15, -0.1) is 10.2 Å². The number of para-hydroxylation sites is 1. The van der Waals surface area contributed by atoms with Gasteiger partial charge in [-0.3, -0.25) is 9.36 Å². The number of thioether (sulfide) groups is 1. The van der Waals surface area contributed by atoms with E-state index in [-0.39, 0.29) is 11.7 Å². The third kappa shape index (κ3) is 4.74. The zero-order valence-electron chi connectivity index (χ0n) is 17.5. The van der Waals surface area contributed by atoms with Crippen LogP contribution in [0.1, 0.15) is 12.5 Å². The molecule has 2 heterocycles.